The van der Waals surface area contributed by atoms with Gasteiger partial charge in [0.2, 0.25) is 0 Å². The summed E-state index contributed by atoms with van der Waals surface area (Å²) in [6, 6.07) is 1.12. The Kier molecular flexibility index (Phi) is 4.97. The molecule has 0 aliphatic carbocycles. The first-order valence-corrected chi connectivity index (χ1v) is 7.06. The minimum atomic E-state index is -4.75. The van der Waals surface area contributed by atoms with Gasteiger partial charge in [-0.2, -0.15) is 26.3 Å². The smallest absolute Gasteiger partial charge is 0.247 e. The molecular formula is C11H3Cl2F6N3S. The van der Waals surface area contributed by atoms with E-state index >= 15 is 0 Å². The van der Waals surface area contributed by atoms with Crippen molar-refractivity contribution in [1.82, 2.24) is 15.0 Å². The van der Waals surface area contributed by atoms with Crippen LogP contribution in [0.4, 0.5) is 26.3 Å². The highest BCUT2D eigenvalue weighted by molar-refractivity contribution is 7.99. The van der Waals surface area contributed by atoms with Crippen molar-refractivity contribution in [2.24, 2.45) is 0 Å². The fourth-order valence-electron chi connectivity index (χ4n) is 1.33. The molecule has 0 radical (unpaired) electrons. The molecule has 2 aromatic rings. The molecule has 0 unspecified atom stereocenters. The van der Waals surface area contributed by atoms with Gasteiger partial charge in [0.15, 0.2) is 10.9 Å². The van der Waals surface area contributed by atoms with E-state index in [-0.39, 0.29) is 5.03 Å². The first kappa shape index (κ1) is 18.1. The minimum Gasteiger partial charge on any atom is -0.247 e. The second-order valence-corrected chi connectivity index (χ2v) is 5.72. The number of alkyl halides is 6. The zero-order chi connectivity index (χ0) is 17.4. The summed E-state index contributed by atoms with van der Waals surface area (Å²) in [7, 11) is 0. The maximum atomic E-state index is 12.6. The predicted molar refractivity (Wildman–Crippen MR) is 70.4 cm³/mol. The Bertz CT molecular complexity index is 735. The molecule has 0 aliphatic heterocycles. The largest absolute Gasteiger partial charge is 0.433 e. The van der Waals surface area contributed by atoms with Crippen LogP contribution >= 0.6 is 35.0 Å². The fourth-order valence-corrected chi connectivity index (χ4v) is 2.57. The fraction of sp³-hybridized carbons (Fsp3) is 0.182. The summed E-state index contributed by atoms with van der Waals surface area (Å²) in [6.07, 6.45) is -8.89. The van der Waals surface area contributed by atoms with E-state index in [4.69, 9.17) is 23.2 Å². The number of hydrogen-bond acceptors (Lipinski definition) is 4. The van der Waals surface area contributed by atoms with Gasteiger partial charge in [0.1, 0.15) is 10.2 Å². The molecule has 0 fully saturated rings. The summed E-state index contributed by atoms with van der Waals surface area (Å²) in [6.45, 7) is 0. The molecule has 0 amide bonds. The van der Waals surface area contributed by atoms with Crippen LogP contribution in [0.25, 0.3) is 0 Å². The van der Waals surface area contributed by atoms with Crippen LogP contribution in [0.2, 0.25) is 10.2 Å². The first-order chi connectivity index (χ1) is 10.5. The molecule has 12 heteroatoms. The molecule has 0 aliphatic rings. The van der Waals surface area contributed by atoms with Gasteiger partial charge in [0, 0.05) is 12.3 Å². The summed E-state index contributed by atoms with van der Waals surface area (Å²) in [4.78, 5) is 10.3. The van der Waals surface area contributed by atoms with Gasteiger partial charge in [-0.05, 0) is 17.8 Å². The molecule has 0 saturated heterocycles. The van der Waals surface area contributed by atoms with E-state index in [1.54, 1.807) is 0 Å². The highest BCUT2D eigenvalue weighted by Gasteiger charge is 2.34. The van der Waals surface area contributed by atoms with Gasteiger partial charge >= 0.3 is 12.4 Å². The Morgan fingerprint density at radius 2 is 1.57 bits per heavy atom. The van der Waals surface area contributed by atoms with Crippen LogP contribution in [0.15, 0.2) is 28.5 Å². The van der Waals surface area contributed by atoms with Crippen molar-refractivity contribution < 1.29 is 26.3 Å². The molecule has 0 saturated carbocycles. The number of nitrogens with zero attached hydrogens (tertiary/aromatic N) is 3. The molecule has 0 spiro atoms. The van der Waals surface area contributed by atoms with E-state index in [0.717, 1.165) is 0 Å². The normalized spacial score (nSPS) is 12.5. The zero-order valence-corrected chi connectivity index (χ0v) is 12.8. The lowest BCUT2D eigenvalue weighted by atomic mass is 10.3. The molecule has 2 aromatic heterocycles. The topological polar surface area (TPSA) is 38.7 Å². The monoisotopic (exact) mass is 393 g/mol. The number of rotatable bonds is 2. The highest BCUT2D eigenvalue weighted by Crippen LogP contribution is 2.36. The quantitative estimate of drug-likeness (QED) is 0.390. The number of pyridine rings is 1. The van der Waals surface area contributed by atoms with Crippen molar-refractivity contribution in [3.05, 3.63) is 39.8 Å². The third-order valence-corrected chi connectivity index (χ3v) is 3.77. The van der Waals surface area contributed by atoms with Crippen LogP contribution in [-0.4, -0.2) is 15.0 Å². The van der Waals surface area contributed by atoms with E-state index in [0.29, 0.717) is 30.1 Å². The standard InChI is InChI=1S/C11H3Cl2F6N3S/c12-5-1-4(10(14,15)16)3-20-8(5)23-9-21-6(11(17,18)19)2-7(13)22-9/h1-3H. The van der Waals surface area contributed by atoms with E-state index in [2.05, 4.69) is 15.0 Å². The molecule has 124 valence electrons. The Balaban J connectivity index is 2.35. The number of aromatic nitrogens is 3. The lowest BCUT2D eigenvalue weighted by Gasteiger charge is -2.10. The Morgan fingerprint density at radius 1 is 0.913 bits per heavy atom. The third-order valence-electron chi connectivity index (χ3n) is 2.29. The summed E-state index contributed by atoms with van der Waals surface area (Å²) < 4.78 is 75.3. The summed E-state index contributed by atoms with van der Waals surface area (Å²) >= 11 is 11.6. The van der Waals surface area contributed by atoms with E-state index in [9.17, 15) is 26.3 Å². The van der Waals surface area contributed by atoms with Gasteiger partial charge in [0.25, 0.3) is 0 Å². The van der Waals surface area contributed by atoms with Gasteiger partial charge in [-0.25, -0.2) is 15.0 Å². The SMILES string of the molecule is FC(F)(F)c1cnc(Sc2nc(Cl)cc(C(F)(F)F)n2)c(Cl)c1. The van der Waals surface area contributed by atoms with Crippen LogP contribution < -0.4 is 0 Å². The maximum Gasteiger partial charge on any atom is 0.433 e. The first-order valence-electron chi connectivity index (χ1n) is 5.49. The van der Waals surface area contributed by atoms with E-state index in [1.165, 1.54) is 0 Å². The van der Waals surface area contributed by atoms with Crippen molar-refractivity contribution in [3.8, 4) is 0 Å². The summed E-state index contributed by atoms with van der Waals surface area (Å²) in [5.74, 6) is 0. The summed E-state index contributed by atoms with van der Waals surface area (Å²) in [5.41, 5.74) is -2.38. The second kappa shape index (κ2) is 6.33. The third kappa shape index (κ3) is 4.61. The van der Waals surface area contributed by atoms with Crippen molar-refractivity contribution >= 4 is 35.0 Å². The van der Waals surface area contributed by atoms with Gasteiger partial charge < -0.3 is 0 Å². The van der Waals surface area contributed by atoms with Gasteiger partial charge in [-0.3, -0.25) is 0 Å². The average Bonchev–Trinajstić information content (AvgIpc) is 2.38. The van der Waals surface area contributed by atoms with Crippen molar-refractivity contribution in [2.75, 3.05) is 0 Å². The Hall–Kier alpha value is -1.26. The van der Waals surface area contributed by atoms with Crippen LogP contribution in [0, 0.1) is 0 Å². The van der Waals surface area contributed by atoms with Crippen LogP contribution in [-0.2, 0) is 12.4 Å². The minimum absolute atomic E-state index is 0.185. The maximum absolute atomic E-state index is 12.6. The highest BCUT2D eigenvalue weighted by atomic mass is 35.5. The van der Waals surface area contributed by atoms with E-state index in [1.807, 2.05) is 0 Å². The second-order valence-electron chi connectivity index (χ2n) is 3.97. The van der Waals surface area contributed by atoms with Crippen LogP contribution in [0.5, 0.6) is 0 Å². The molecule has 2 heterocycles. The Labute approximate surface area is 139 Å². The molecule has 0 bridgehead atoms. The van der Waals surface area contributed by atoms with Crippen LogP contribution in [0.3, 0.4) is 0 Å². The van der Waals surface area contributed by atoms with Gasteiger partial charge in [0.05, 0.1) is 10.6 Å². The molecule has 3 nitrogen and oxygen atoms in total. The zero-order valence-electron chi connectivity index (χ0n) is 10.5. The Morgan fingerprint density at radius 3 is 2.09 bits per heavy atom. The molecule has 2 rings (SSSR count). The summed E-state index contributed by atoms with van der Waals surface area (Å²) in [5, 5.41) is -1.51. The lowest BCUT2D eigenvalue weighted by molar-refractivity contribution is -0.141. The predicted octanol–water partition coefficient (Wildman–Crippen LogP) is 5.37. The van der Waals surface area contributed by atoms with Gasteiger partial charge in [-0.15, -0.1) is 0 Å². The average molecular weight is 394 g/mol. The van der Waals surface area contributed by atoms with E-state index < -0.39 is 38.9 Å². The molecule has 0 aromatic carbocycles. The molecular weight excluding hydrogens is 391 g/mol. The molecule has 0 N–H and O–H groups in total. The number of halogens is 8. The van der Waals surface area contributed by atoms with Crippen molar-refractivity contribution in [3.63, 3.8) is 0 Å². The molecule has 23 heavy (non-hydrogen) atoms. The van der Waals surface area contributed by atoms with Crippen molar-refractivity contribution in [2.45, 2.75) is 22.5 Å². The number of hydrogen-bond donors (Lipinski definition) is 0. The lowest BCUT2D eigenvalue weighted by Crippen LogP contribution is -2.09. The molecule has 0 atom stereocenters. The van der Waals surface area contributed by atoms with Crippen molar-refractivity contribution in [1.29, 1.82) is 0 Å². The van der Waals surface area contributed by atoms with Gasteiger partial charge in [-0.1, -0.05) is 23.2 Å². The van der Waals surface area contributed by atoms with Crippen LogP contribution in [0.1, 0.15) is 11.3 Å².